The first-order chi connectivity index (χ1) is 9.04. The molecule has 1 aromatic heterocycles. The van der Waals surface area contributed by atoms with E-state index in [0.29, 0.717) is 6.04 Å². The fraction of sp³-hybridized carbons (Fsp3) is 0.600. The quantitative estimate of drug-likeness (QED) is 0.610. The molecule has 1 saturated carbocycles. The first-order valence-electron chi connectivity index (χ1n) is 7.13. The van der Waals surface area contributed by atoms with E-state index in [4.69, 9.17) is 11.1 Å². The van der Waals surface area contributed by atoms with Gasteiger partial charge in [0.1, 0.15) is 5.84 Å². The highest BCUT2D eigenvalue weighted by Gasteiger charge is 2.31. The summed E-state index contributed by atoms with van der Waals surface area (Å²) in [5.74, 6) is 0.127. The van der Waals surface area contributed by atoms with Crippen LogP contribution in [0.15, 0.2) is 6.07 Å². The topological polar surface area (TPSA) is 66.0 Å². The third-order valence-electron chi connectivity index (χ3n) is 3.63. The molecule has 3 N–H and O–H groups in total. The number of unbranched alkanes of at least 4 members (excludes halogenated alkanes) is 1. The Morgan fingerprint density at radius 3 is 2.68 bits per heavy atom. The van der Waals surface area contributed by atoms with Gasteiger partial charge in [-0.1, -0.05) is 13.3 Å². The van der Waals surface area contributed by atoms with Gasteiger partial charge in [-0.05, 0) is 39.2 Å². The molecule has 2 rings (SSSR count). The van der Waals surface area contributed by atoms with Crippen molar-refractivity contribution in [2.45, 2.75) is 52.5 Å². The lowest BCUT2D eigenvalue weighted by Crippen LogP contribution is -2.30. The lowest BCUT2D eigenvalue weighted by Gasteiger charge is -2.27. The number of anilines is 1. The number of nitrogens with one attached hydrogen (secondary N) is 1. The molecule has 0 amide bonds. The summed E-state index contributed by atoms with van der Waals surface area (Å²) in [6.45, 7) is 7.20. The summed E-state index contributed by atoms with van der Waals surface area (Å²) in [6.07, 6.45) is 4.86. The van der Waals surface area contributed by atoms with Gasteiger partial charge in [0.15, 0.2) is 0 Å². The molecule has 0 unspecified atom stereocenters. The largest absolute Gasteiger partial charge is 0.384 e. The number of nitrogens with zero attached hydrogens (tertiary/aromatic N) is 2. The van der Waals surface area contributed by atoms with Gasteiger partial charge in [-0.3, -0.25) is 10.4 Å². The second-order valence-corrected chi connectivity index (χ2v) is 5.43. The number of aromatic nitrogens is 1. The summed E-state index contributed by atoms with van der Waals surface area (Å²) in [7, 11) is 0. The van der Waals surface area contributed by atoms with Crippen LogP contribution in [0.25, 0.3) is 0 Å². The molecule has 0 atom stereocenters. The number of hydrogen-bond donors (Lipinski definition) is 2. The number of nitrogen functional groups attached to an aromatic ring is 1. The van der Waals surface area contributed by atoms with Gasteiger partial charge in [-0.2, -0.15) is 0 Å². The Hall–Kier alpha value is -1.58. The van der Waals surface area contributed by atoms with Crippen LogP contribution < -0.4 is 10.6 Å². The van der Waals surface area contributed by atoms with E-state index in [-0.39, 0.29) is 5.84 Å². The normalized spacial score (nSPS) is 14.5. The number of aryl methyl sites for hydroxylation is 2. The van der Waals surface area contributed by atoms with E-state index in [9.17, 15) is 0 Å². The molecule has 0 radical (unpaired) electrons. The molecule has 1 aliphatic carbocycles. The molecule has 1 aromatic rings. The number of nitrogens with two attached hydrogens (primary N) is 1. The van der Waals surface area contributed by atoms with Gasteiger partial charge < -0.3 is 10.6 Å². The van der Waals surface area contributed by atoms with Crippen molar-refractivity contribution >= 4 is 11.5 Å². The molecule has 4 nitrogen and oxygen atoms in total. The van der Waals surface area contributed by atoms with E-state index < -0.39 is 0 Å². The number of hydrogen-bond acceptors (Lipinski definition) is 3. The van der Waals surface area contributed by atoms with Crippen LogP contribution in [0.3, 0.4) is 0 Å². The SMILES string of the molecule is CCCCN(c1cc(C)nc(C)c1C(=N)N)C1CC1. The van der Waals surface area contributed by atoms with E-state index in [1.165, 1.54) is 25.7 Å². The predicted octanol–water partition coefficient (Wildman–Crippen LogP) is 2.75. The molecule has 0 saturated heterocycles. The van der Waals surface area contributed by atoms with Crippen molar-refractivity contribution in [3.63, 3.8) is 0 Å². The summed E-state index contributed by atoms with van der Waals surface area (Å²) in [5, 5.41) is 7.83. The summed E-state index contributed by atoms with van der Waals surface area (Å²) >= 11 is 0. The molecule has 0 aromatic carbocycles. The second kappa shape index (κ2) is 5.59. The summed E-state index contributed by atoms with van der Waals surface area (Å²) in [6, 6.07) is 2.71. The van der Waals surface area contributed by atoms with Crippen molar-refractivity contribution in [1.82, 2.24) is 4.98 Å². The molecular weight excluding hydrogens is 236 g/mol. The monoisotopic (exact) mass is 260 g/mol. The van der Waals surface area contributed by atoms with E-state index in [2.05, 4.69) is 22.9 Å². The molecule has 104 valence electrons. The fourth-order valence-electron chi connectivity index (χ4n) is 2.58. The van der Waals surface area contributed by atoms with Gasteiger partial charge in [0.05, 0.1) is 16.9 Å². The Morgan fingerprint density at radius 1 is 1.47 bits per heavy atom. The predicted molar refractivity (Wildman–Crippen MR) is 80.0 cm³/mol. The van der Waals surface area contributed by atoms with Gasteiger partial charge in [-0.25, -0.2) is 0 Å². The average Bonchev–Trinajstić information content (AvgIpc) is 3.12. The highest BCUT2D eigenvalue weighted by Crippen LogP contribution is 2.34. The molecule has 0 spiro atoms. The minimum Gasteiger partial charge on any atom is -0.384 e. The van der Waals surface area contributed by atoms with Crippen LogP contribution in [-0.2, 0) is 0 Å². The molecule has 1 aliphatic rings. The van der Waals surface area contributed by atoms with Crippen molar-refractivity contribution in [2.75, 3.05) is 11.4 Å². The molecule has 1 fully saturated rings. The second-order valence-electron chi connectivity index (χ2n) is 5.43. The fourth-order valence-corrected chi connectivity index (χ4v) is 2.58. The Balaban J connectivity index is 2.42. The van der Waals surface area contributed by atoms with Gasteiger partial charge in [0, 0.05) is 18.3 Å². The maximum Gasteiger partial charge on any atom is 0.126 e. The third kappa shape index (κ3) is 3.06. The van der Waals surface area contributed by atoms with Crippen molar-refractivity contribution in [3.05, 3.63) is 23.0 Å². The smallest absolute Gasteiger partial charge is 0.126 e. The van der Waals surface area contributed by atoms with Crippen LogP contribution in [0, 0.1) is 19.3 Å². The lowest BCUT2D eigenvalue weighted by molar-refractivity contribution is 0.711. The molecular formula is C15H24N4. The molecule has 19 heavy (non-hydrogen) atoms. The van der Waals surface area contributed by atoms with Crippen LogP contribution in [-0.4, -0.2) is 23.4 Å². The summed E-state index contributed by atoms with van der Waals surface area (Å²) < 4.78 is 0. The van der Waals surface area contributed by atoms with Gasteiger partial charge >= 0.3 is 0 Å². The Labute approximate surface area is 115 Å². The van der Waals surface area contributed by atoms with Crippen LogP contribution in [0.1, 0.15) is 49.6 Å². The van der Waals surface area contributed by atoms with Crippen LogP contribution >= 0.6 is 0 Å². The zero-order valence-corrected chi connectivity index (χ0v) is 12.2. The van der Waals surface area contributed by atoms with Crippen LogP contribution in [0.2, 0.25) is 0 Å². The average molecular weight is 260 g/mol. The first kappa shape index (κ1) is 13.8. The van der Waals surface area contributed by atoms with Gasteiger partial charge in [-0.15, -0.1) is 0 Å². The minimum absolute atomic E-state index is 0.127. The van der Waals surface area contributed by atoms with E-state index >= 15 is 0 Å². The van der Waals surface area contributed by atoms with Crippen molar-refractivity contribution in [1.29, 1.82) is 5.41 Å². The standard InChI is InChI=1S/C15H24N4/c1-4-5-8-19(12-6-7-12)13-9-10(2)18-11(3)14(13)15(16)17/h9,12H,4-8H2,1-3H3,(H3,16,17). The zero-order valence-electron chi connectivity index (χ0n) is 12.2. The van der Waals surface area contributed by atoms with Gasteiger partial charge in [0.2, 0.25) is 0 Å². The Morgan fingerprint density at radius 2 is 2.16 bits per heavy atom. The maximum atomic E-state index is 7.83. The molecule has 0 aliphatic heterocycles. The molecule has 1 heterocycles. The Bertz CT molecular complexity index is 477. The molecule has 0 bridgehead atoms. The number of amidine groups is 1. The van der Waals surface area contributed by atoms with Gasteiger partial charge in [0.25, 0.3) is 0 Å². The van der Waals surface area contributed by atoms with E-state index in [1.54, 1.807) is 0 Å². The van der Waals surface area contributed by atoms with Crippen molar-refractivity contribution < 1.29 is 0 Å². The minimum atomic E-state index is 0.127. The molecule has 4 heteroatoms. The van der Waals surface area contributed by atoms with Crippen molar-refractivity contribution in [2.24, 2.45) is 5.73 Å². The highest BCUT2D eigenvalue weighted by molar-refractivity contribution is 6.01. The number of rotatable bonds is 6. The maximum absolute atomic E-state index is 7.83. The van der Waals surface area contributed by atoms with Crippen LogP contribution in [0.4, 0.5) is 5.69 Å². The summed E-state index contributed by atoms with van der Waals surface area (Å²) in [4.78, 5) is 6.88. The van der Waals surface area contributed by atoms with E-state index in [0.717, 1.165) is 29.2 Å². The lowest BCUT2D eigenvalue weighted by atomic mass is 10.1. The summed E-state index contributed by atoms with van der Waals surface area (Å²) in [5.41, 5.74) is 9.55. The zero-order chi connectivity index (χ0) is 14.0. The van der Waals surface area contributed by atoms with E-state index in [1.807, 2.05) is 13.8 Å². The van der Waals surface area contributed by atoms with Crippen LogP contribution in [0.5, 0.6) is 0 Å². The van der Waals surface area contributed by atoms with Crippen molar-refractivity contribution in [3.8, 4) is 0 Å². The third-order valence-corrected chi connectivity index (χ3v) is 3.63. The number of pyridine rings is 1. The highest BCUT2D eigenvalue weighted by atomic mass is 15.2. The first-order valence-corrected chi connectivity index (χ1v) is 7.13. The Kier molecular flexibility index (Phi) is 4.08.